The predicted molar refractivity (Wildman–Crippen MR) is 66.3 cm³/mol. The molecule has 1 aliphatic rings. The van der Waals surface area contributed by atoms with Crippen LogP contribution in [0.3, 0.4) is 0 Å². The molecule has 0 spiro atoms. The van der Waals surface area contributed by atoms with Crippen molar-refractivity contribution in [2.45, 2.75) is 39.4 Å². The van der Waals surface area contributed by atoms with Crippen LogP contribution < -0.4 is 4.74 Å². The summed E-state index contributed by atoms with van der Waals surface area (Å²) in [6.45, 7) is 5.65. The Bertz CT molecular complexity index is 358. The van der Waals surface area contributed by atoms with Gasteiger partial charge in [-0.2, -0.15) is 0 Å². The molecule has 1 heterocycles. The predicted octanol–water partition coefficient (Wildman–Crippen LogP) is 2.35. The minimum atomic E-state index is 0.0779. The average Bonchev–Trinajstić information content (AvgIpc) is 2.35. The Balaban J connectivity index is 2.14. The van der Waals surface area contributed by atoms with Crippen LogP contribution in [0.25, 0.3) is 0 Å². The second-order valence-electron chi connectivity index (χ2n) is 4.67. The van der Waals surface area contributed by atoms with Crippen LogP contribution in [-0.4, -0.2) is 24.4 Å². The van der Waals surface area contributed by atoms with Gasteiger partial charge in [0, 0.05) is 6.61 Å². The highest BCUT2D eigenvalue weighted by Gasteiger charge is 2.17. The minimum absolute atomic E-state index is 0.0779. The molecule has 1 aliphatic heterocycles. The Morgan fingerprint density at radius 1 is 1.35 bits per heavy atom. The van der Waals surface area contributed by atoms with Crippen molar-refractivity contribution in [3.05, 3.63) is 28.8 Å². The quantitative estimate of drug-likeness (QED) is 0.875. The van der Waals surface area contributed by atoms with Gasteiger partial charge in [0.1, 0.15) is 11.9 Å². The van der Waals surface area contributed by atoms with Gasteiger partial charge in [0.15, 0.2) is 0 Å². The maximum atomic E-state index is 9.14. The van der Waals surface area contributed by atoms with E-state index in [0.29, 0.717) is 6.61 Å². The lowest BCUT2D eigenvalue weighted by Crippen LogP contribution is -2.28. The maximum Gasteiger partial charge on any atom is 0.125 e. The van der Waals surface area contributed by atoms with Crippen molar-refractivity contribution in [2.24, 2.45) is 0 Å². The molecule has 1 atom stereocenters. The Kier molecular flexibility index (Phi) is 4.02. The van der Waals surface area contributed by atoms with E-state index in [4.69, 9.17) is 14.6 Å². The van der Waals surface area contributed by atoms with Gasteiger partial charge in [-0.15, -0.1) is 0 Å². The van der Waals surface area contributed by atoms with Gasteiger partial charge in [0.2, 0.25) is 0 Å². The summed E-state index contributed by atoms with van der Waals surface area (Å²) in [6, 6.07) is 3.96. The van der Waals surface area contributed by atoms with Gasteiger partial charge in [-0.05, 0) is 43.4 Å². The third kappa shape index (κ3) is 2.99. The molecule has 17 heavy (non-hydrogen) atoms. The molecule has 0 aromatic heterocycles. The van der Waals surface area contributed by atoms with E-state index in [9.17, 15) is 0 Å². The van der Waals surface area contributed by atoms with Crippen molar-refractivity contribution < 1.29 is 14.6 Å². The number of hydrogen-bond donors (Lipinski definition) is 1. The number of aryl methyl sites for hydroxylation is 2. The second-order valence-corrected chi connectivity index (χ2v) is 4.67. The fourth-order valence-corrected chi connectivity index (χ4v) is 2.29. The van der Waals surface area contributed by atoms with E-state index in [1.807, 2.05) is 26.0 Å². The third-order valence-electron chi connectivity index (χ3n) is 3.11. The summed E-state index contributed by atoms with van der Waals surface area (Å²) >= 11 is 0. The number of ether oxygens (including phenoxy) is 2. The summed E-state index contributed by atoms with van der Waals surface area (Å²) < 4.78 is 11.4. The van der Waals surface area contributed by atoms with Crippen LogP contribution in [0.4, 0.5) is 0 Å². The molecule has 3 nitrogen and oxygen atoms in total. The Hall–Kier alpha value is -1.06. The summed E-state index contributed by atoms with van der Waals surface area (Å²) in [5, 5.41) is 9.14. The fourth-order valence-electron chi connectivity index (χ4n) is 2.29. The van der Waals surface area contributed by atoms with Crippen LogP contribution in [0, 0.1) is 13.8 Å². The van der Waals surface area contributed by atoms with Crippen molar-refractivity contribution in [3.63, 3.8) is 0 Å². The molecule has 1 aromatic rings. The molecule has 1 unspecified atom stereocenters. The zero-order valence-corrected chi connectivity index (χ0v) is 10.5. The Labute approximate surface area is 102 Å². The molecule has 0 saturated carbocycles. The van der Waals surface area contributed by atoms with Crippen LogP contribution in [0.1, 0.15) is 29.5 Å². The van der Waals surface area contributed by atoms with Crippen LogP contribution >= 0.6 is 0 Å². The molecule has 2 rings (SSSR count). The molecule has 3 heteroatoms. The molecule has 0 amide bonds. The lowest BCUT2D eigenvalue weighted by molar-refractivity contribution is 0.00686. The average molecular weight is 236 g/mol. The molecular weight excluding hydrogens is 216 g/mol. The largest absolute Gasteiger partial charge is 0.487 e. The van der Waals surface area contributed by atoms with Crippen LogP contribution in [0.5, 0.6) is 5.75 Å². The highest BCUT2D eigenvalue weighted by molar-refractivity contribution is 5.43. The Morgan fingerprint density at radius 2 is 2.06 bits per heavy atom. The van der Waals surface area contributed by atoms with Crippen LogP contribution in [0.2, 0.25) is 0 Å². The number of aliphatic hydroxyl groups is 1. The van der Waals surface area contributed by atoms with E-state index in [1.54, 1.807) is 0 Å². The number of benzene rings is 1. The van der Waals surface area contributed by atoms with Gasteiger partial charge in [-0.1, -0.05) is 12.1 Å². The minimum Gasteiger partial charge on any atom is -0.487 e. The smallest absolute Gasteiger partial charge is 0.125 e. The van der Waals surface area contributed by atoms with Crippen molar-refractivity contribution >= 4 is 0 Å². The zero-order chi connectivity index (χ0) is 12.3. The molecule has 1 fully saturated rings. The number of rotatable bonds is 3. The van der Waals surface area contributed by atoms with Crippen molar-refractivity contribution in [2.75, 3.05) is 13.2 Å². The fraction of sp³-hybridized carbons (Fsp3) is 0.571. The monoisotopic (exact) mass is 236 g/mol. The maximum absolute atomic E-state index is 9.14. The molecule has 1 N–H and O–H groups in total. The van der Waals surface area contributed by atoms with E-state index in [0.717, 1.165) is 41.9 Å². The standard InChI is InChI=1S/C14H20O3/c1-10-6-12(8-15)7-11(2)14(10)17-13-4-3-5-16-9-13/h6-7,13,15H,3-5,8-9H2,1-2H3. The van der Waals surface area contributed by atoms with Crippen LogP contribution in [-0.2, 0) is 11.3 Å². The molecule has 0 bridgehead atoms. The lowest BCUT2D eigenvalue weighted by atomic mass is 10.1. The number of hydrogen-bond acceptors (Lipinski definition) is 3. The first-order chi connectivity index (χ1) is 8.20. The lowest BCUT2D eigenvalue weighted by Gasteiger charge is -2.25. The zero-order valence-electron chi connectivity index (χ0n) is 10.5. The molecule has 1 saturated heterocycles. The van der Waals surface area contributed by atoms with Crippen molar-refractivity contribution in [3.8, 4) is 5.75 Å². The van der Waals surface area contributed by atoms with Gasteiger partial charge >= 0.3 is 0 Å². The number of aliphatic hydroxyl groups excluding tert-OH is 1. The first kappa shape index (κ1) is 12.4. The highest BCUT2D eigenvalue weighted by atomic mass is 16.5. The van der Waals surface area contributed by atoms with E-state index in [-0.39, 0.29) is 12.7 Å². The van der Waals surface area contributed by atoms with Gasteiger partial charge in [0.05, 0.1) is 13.2 Å². The van der Waals surface area contributed by atoms with Gasteiger partial charge < -0.3 is 14.6 Å². The van der Waals surface area contributed by atoms with Crippen LogP contribution in [0.15, 0.2) is 12.1 Å². The summed E-state index contributed by atoms with van der Waals surface area (Å²) in [5.41, 5.74) is 3.10. The summed E-state index contributed by atoms with van der Waals surface area (Å²) in [5.74, 6) is 0.942. The highest BCUT2D eigenvalue weighted by Crippen LogP contribution is 2.27. The van der Waals surface area contributed by atoms with Crippen molar-refractivity contribution in [1.29, 1.82) is 0 Å². The van der Waals surface area contributed by atoms with Gasteiger partial charge in [-0.25, -0.2) is 0 Å². The Morgan fingerprint density at radius 3 is 2.59 bits per heavy atom. The summed E-state index contributed by atoms with van der Waals surface area (Å²) in [7, 11) is 0. The third-order valence-corrected chi connectivity index (χ3v) is 3.11. The SMILES string of the molecule is Cc1cc(CO)cc(C)c1OC1CCCOC1. The van der Waals surface area contributed by atoms with Crippen molar-refractivity contribution in [1.82, 2.24) is 0 Å². The first-order valence-electron chi connectivity index (χ1n) is 6.16. The van der Waals surface area contributed by atoms with E-state index in [2.05, 4.69) is 0 Å². The summed E-state index contributed by atoms with van der Waals surface area (Å²) in [4.78, 5) is 0. The van der Waals surface area contributed by atoms with Gasteiger partial charge in [0.25, 0.3) is 0 Å². The van der Waals surface area contributed by atoms with E-state index < -0.39 is 0 Å². The van der Waals surface area contributed by atoms with E-state index >= 15 is 0 Å². The molecule has 1 aromatic carbocycles. The second kappa shape index (κ2) is 5.52. The summed E-state index contributed by atoms with van der Waals surface area (Å²) in [6.07, 6.45) is 2.29. The topological polar surface area (TPSA) is 38.7 Å². The normalized spacial score (nSPS) is 20.3. The molecular formula is C14H20O3. The molecule has 0 aliphatic carbocycles. The van der Waals surface area contributed by atoms with Gasteiger partial charge in [-0.3, -0.25) is 0 Å². The first-order valence-corrected chi connectivity index (χ1v) is 6.16. The van der Waals surface area contributed by atoms with E-state index in [1.165, 1.54) is 0 Å². The molecule has 94 valence electrons. The molecule has 0 radical (unpaired) electrons.